The molecule has 0 bridgehead atoms. The van der Waals surface area contributed by atoms with Crippen LogP contribution in [0.2, 0.25) is 5.02 Å². The molecule has 0 N–H and O–H groups in total. The summed E-state index contributed by atoms with van der Waals surface area (Å²) in [4.78, 5) is 17.2. The molecule has 1 aromatic carbocycles. The van der Waals surface area contributed by atoms with Crippen molar-refractivity contribution < 1.29 is 31.5 Å². The molecule has 28 heavy (non-hydrogen) atoms. The molecule has 0 aliphatic carbocycles. The van der Waals surface area contributed by atoms with Crippen LogP contribution in [0.1, 0.15) is 11.1 Å². The minimum absolute atomic E-state index is 0.00584. The van der Waals surface area contributed by atoms with E-state index in [-0.39, 0.29) is 34.0 Å². The number of nitrogens with zero attached hydrogens (tertiary/aromatic N) is 2. The highest BCUT2D eigenvalue weighted by atomic mass is 35.5. The van der Waals surface area contributed by atoms with Crippen LogP contribution in [0.15, 0.2) is 41.6 Å². The number of hydrogen-bond acceptors (Lipinski definition) is 4. The molecule has 0 aliphatic rings. The van der Waals surface area contributed by atoms with E-state index in [0.717, 1.165) is 17.8 Å². The molecule has 0 saturated heterocycles. The molecule has 4 nitrogen and oxygen atoms in total. The average molecular weight is 441 g/mol. The molecular weight excluding hydrogens is 427 g/mol. The van der Waals surface area contributed by atoms with Crippen molar-refractivity contribution in [3.8, 4) is 5.75 Å². The van der Waals surface area contributed by atoms with Gasteiger partial charge in [0, 0.05) is 19.8 Å². The quantitative estimate of drug-likeness (QED) is 0.443. The Morgan fingerprint density at radius 3 is 2.46 bits per heavy atom. The highest BCUT2D eigenvalue weighted by molar-refractivity contribution is 8.00. The van der Waals surface area contributed by atoms with Crippen molar-refractivity contribution in [2.75, 3.05) is 12.8 Å². The fraction of sp³-hybridized carbons (Fsp3) is 0.294. The summed E-state index contributed by atoms with van der Waals surface area (Å²) in [6, 6.07) is 6.57. The number of amides is 1. The van der Waals surface area contributed by atoms with Crippen molar-refractivity contribution in [2.45, 2.75) is 24.4 Å². The van der Waals surface area contributed by atoms with E-state index in [1.165, 1.54) is 24.1 Å². The zero-order chi connectivity index (χ0) is 20.9. The fourth-order valence-electron chi connectivity index (χ4n) is 2.07. The van der Waals surface area contributed by atoms with E-state index < -0.39 is 18.4 Å². The molecule has 2 aromatic rings. The summed E-state index contributed by atoms with van der Waals surface area (Å²) < 4.78 is 66.3. The summed E-state index contributed by atoms with van der Waals surface area (Å²) in [5, 5.41) is -0.0742. The summed E-state index contributed by atoms with van der Waals surface area (Å²) in [6.07, 6.45) is -3.89. The number of pyridine rings is 1. The van der Waals surface area contributed by atoms with E-state index in [1.54, 1.807) is 12.1 Å². The van der Waals surface area contributed by atoms with Crippen LogP contribution in [-0.2, 0) is 17.5 Å². The molecule has 1 aromatic heterocycles. The second kappa shape index (κ2) is 9.42. The van der Waals surface area contributed by atoms with Crippen molar-refractivity contribution in [1.82, 2.24) is 9.88 Å². The van der Waals surface area contributed by atoms with Crippen LogP contribution in [0.3, 0.4) is 0 Å². The van der Waals surface area contributed by atoms with E-state index in [2.05, 4.69) is 9.72 Å². The van der Waals surface area contributed by atoms with Crippen LogP contribution in [0.25, 0.3) is 0 Å². The third-order valence-electron chi connectivity index (χ3n) is 3.46. The third kappa shape index (κ3) is 6.52. The predicted molar refractivity (Wildman–Crippen MR) is 94.5 cm³/mol. The zero-order valence-electron chi connectivity index (χ0n) is 14.3. The molecule has 0 unspecified atom stereocenters. The number of halogens is 6. The first-order valence-corrected chi connectivity index (χ1v) is 9.06. The van der Waals surface area contributed by atoms with E-state index in [9.17, 15) is 26.7 Å². The van der Waals surface area contributed by atoms with Crippen LogP contribution >= 0.6 is 23.4 Å². The van der Waals surface area contributed by atoms with E-state index >= 15 is 0 Å². The SMILES string of the molecule is CN(Cc1ccc(OC(F)F)cc1)C(=O)CSc1ncc(C(F)(F)F)cc1Cl. The number of rotatable bonds is 7. The first-order valence-electron chi connectivity index (χ1n) is 7.69. The normalized spacial score (nSPS) is 11.6. The minimum Gasteiger partial charge on any atom is -0.435 e. The van der Waals surface area contributed by atoms with Gasteiger partial charge < -0.3 is 9.64 Å². The Morgan fingerprint density at radius 1 is 1.29 bits per heavy atom. The lowest BCUT2D eigenvalue weighted by atomic mass is 10.2. The second-order valence-corrected chi connectivity index (χ2v) is 6.94. The predicted octanol–water partition coefficient (Wildman–Crippen LogP) is 5.11. The Labute approximate surface area is 166 Å². The largest absolute Gasteiger partial charge is 0.435 e. The number of ether oxygens (including phenoxy) is 1. The maximum absolute atomic E-state index is 12.6. The molecular formula is C17H14ClF5N2O2S. The molecule has 0 aliphatic heterocycles. The van der Waals surface area contributed by atoms with Gasteiger partial charge in [-0.05, 0) is 23.8 Å². The lowest BCUT2D eigenvalue weighted by molar-refractivity contribution is -0.138. The average Bonchev–Trinajstić information content (AvgIpc) is 2.60. The third-order valence-corrected chi connectivity index (χ3v) is 4.85. The molecule has 0 radical (unpaired) electrons. The van der Waals surface area contributed by atoms with Crippen LogP contribution in [0, 0.1) is 0 Å². The maximum Gasteiger partial charge on any atom is 0.417 e. The topological polar surface area (TPSA) is 42.4 Å². The Balaban J connectivity index is 1.90. The summed E-state index contributed by atoms with van der Waals surface area (Å²) in [6.45, 7) is -2.71. The number of hydrogen-bond donors (Lipinski definition) is 0. The Bertz CT molecular complexity index is 818. The molecule has 0 atom stereocenters. The standard InChI is InChI=1S/C17H14ClF5N2O2S/c1-25(8-10-2-4-12(5-3-10)27-16(19)20)14(26)9-28-15-13(18)6-11(7-24-15)17(21,22)23/h2-7,16H,8-9H2,1H3. The Kier molecular flexibility index (Phi) is 7.48. The monoisotopic (exact) mass is 440 g/mol. The molecule has 0 spiro atoms. The van der Waals surface area contributed by atoms with Gasteiger partial charge in [-0.1, -0.05) is 35.5 Å². The zero-order valence-corrected chi connectivity index (χ0v) is 15.9. The highest BCUT2D eigenvalue weighted by Gasteiger charge is 2.31. The van der Waals surface area contributed by atoms with Gasteiger partial charge in [0.1, 0.15) is 10.8 Å². The number of carbonyl (C=O) groups is 1. The first kappa shape index (κ1) is 22.2. The van der Waals surface area contributed by atoms with Crippen molar-refractivity contribution in [2.24, 2.45) is 0 Å². The van der Waals surface area contributed by atoms with Crippen LogP contribution in [-0.4, -0.2) is 35.2 Å². The number of aromatic nitrogens is 1. The molecule has 152 valence electrons. The minimum atomic E-state index is -4.55. The molecule has 2 rings (SSSR count). The van der Waals surface area contributed by atoms with Crippen LogP contribution in [0.5, 0.6) is 5.75 Å². The van der Waals surface area contributed by atoms with Crippen LogP contribution in [0.4, 0.5) is 22.0 Å². The van der Waals surface area contributed by atoms with Crippen molar-refractivity contribution in [1.29, 1.82) is 0 Å². The van der Waals surface area contributed by atoms with E-state index in [4.69, 9.17) is 11.6 Å². The van der Waals surface area contributed by atoms with Crippen molar-refractivity contribution in [3.05, 3.63) is 52.7 Å². The summed E-state index contributed by atoms with van der Waals surface area (Å²) in [7, 11) is 1.54. The van der Waals surface area contributed by atoms with Gasteiger partial charge in [-0.15, -0.1) is 0 Å². The van der Waals surface area contributed by atoms with Crippen LogP contribution < -0.4 is 4.74 Å². The number of thioether (sulfide) groups is 1. The number of benzene rings is 1. The van der Waals surface area contributed by atoms with Gasteiger partial charge in [-0.3, -0.25) is 4.79 Å². The lowest BCUT2D eigenvalue weighted by Crippen LogP contribution is -2.27. The van der Waals surface area contributed by atoms with E-state index in [0.29, 0.717) is 11.8 Å². The Morgan fingerprint density at radius 2 is 1.93 bits per heavy atom. The number of alkyl halides is 5. The van der Waals surface area contributed by atoms with Gasteiger partial charge in [-0.2, -0.15) is 22.0 Å². The second-order valence-electron chi connectivity index (χ2n) is 5.57. The summed E-state index contributed by atoms with van der Waals surface area (Å²) >= 11 is 6.72. The van der Waals surface area contributed by atoms with Crippen molar-refractivity contribution >= 4 is 29.3 Å². The fourth-order valence-corrected chi connectivity index (χ4v) is 3.20. The smallest absolute Gasteiger partial charge is 0.417 e. The van der Waals surface area contributed by atoms with Gasteiger partial charge in [-0.25, -0.2) is 4.98 Å². The summed E-state index contributed by atoms with van der Waals surface area (Å²) in [5.41, 5.74) is -0.280. The lowest BCUT2D eigenvalue weighted by Gasteiger charge is -2.17. The number of carbonyl (C=O) groups excluding carboxylic acids is 1. The molecule has 0 saturated carbocycles. The van der Waals surface area contributed by atoms with Gasteiger partial charge >= 0.3 is 12.8 Å². The molecule has 1 heterocycles. The van der Waals surface area contributed by atoms with E-state index in [1.807, 2.05) is 0 Å². The van der Waals surface area contributed by atoms with Gasteiger partial charge in [0.25, 0.3) is 0 Å². The Hall–Kier alpha value is -2.07. The maximum atomic E-state index is 12.6. The van der Waals surface area contributed by atoms with Gasteiger partial charge in [0.15, 0.2) is 0 Å². The molecule has 11 heteroatoms. The van der Waals surface area contributed by atoms with Crippen molar-refractivity contribution in [3.63, 3.8) is 0 Å². The first-order chi connectivity index (χ1) is 13.1. The van der Waals surface area contributed by atoms with Gasteiger partial charge in [0.2, 0.25) is 5.91 Å². The van der Waals surface area contributed by atoms with Gasteiger partial charge in [0.05, 0.1) is 16.3 Å². The summed E-state index contributed by atoms with van der Waals surface area (Å²) in [5.74, 6) is -0.386. The molecule has 0 fully saturated rings. The highest BCUT2D eigenvalue weighted by Crippen LogP contribution is 2.33. The molecule has 1 amide bonds.